The Morgan fingerprint density at radius 1 is 1.12 bits per heavy atom. The van der Waals surface area contributed by atoms with E-state index in [0.717, 1.165) is 16.2 Å². The lowest BCUT2D eigenvalue weighted by atomic mass is 10.1. The van der Waals surface area contributed by atoms with Crippen LogP contribution >= 0.6 is 0 Å². The van der Waals surface area contributed by atoms with Crippen molar-refractivity contribution >= 4 is 33.5 Å². The number of carboxylic acids is 2. The highest BCUT2D eigenvalue weighted by Gasteiger charge is 2.24. The maximum absolute atomic E-state index is 11.6. The van der Waals surface area contributed by atoms with E-state index in [1.165, 1.54) is 4.57 Å². The minimum atomic E-state index is -1.15. The number of rotatable bonds is 5. The van der Waals surface area contributed by atoms with Crippen LogP contribution in [0.1, 0.15) is 24.6 Å². The second kappa shape index (κ2) is 6.05. The Bertz CT molecular complexity index is 997. The van der Waals surface area contributed by atoms with Crippen molar-refractivity contribution in [3.05, 3.63) is 48.3 Å². The second-order valence-corrected chi connectivity index (χ2v) is 5.57. The quantitative estimate of drug-likeness (QED) is 0.751. The van der Waals surface area contributed by atoms with Crippen molar-refractivity contribution in [1.29, 1.82) is 5.26 Å². The molecule has 24 heavy (non-hydrogen) atoms. The molecule has 6 nitrogen and oxygen atoms in total. The SMILES string of the molecule is N#Cc1c2cc3ccccc3cc2cn1[C@@H](CCC(=O)O)C(=O)O. The van der Waals surface area contributed by atoms with Crippen LogP contribution in [-0.2, 0) is 9.59 Å². The number of nitrogens with zero attached hydrogens (tertiary/aromatic N) is 2. The van der Waals surface area contributed by atoms with E-state index in [-0.39, 0.29) is 18.5 Å². The third kappa shape index (κ3) is 2.68. The first-order valence-electron chi connectivity index (χ1n) is 7.39. The molecule has 0 radical (unpaired) electrons. The van der Waals surface area contributed by atoms with E-state index in [9.17, 15) is 20.0 Å². The smallest absolute Gasteiger partial charge is 0.326 e. The van der Waals surface area contributed by atoms with Crippen molar-refractivity contribution in [2.24, 2.45) is 0 Å². The number of benzene rings is 2. The summed E-state index contributed by atoms with van der Waals surface area (Å²) in [5, 5.41) is 31.1. The molecule has 2 aromatic carbocycles. The fourth-order valence-corrected chi connectivity index (χ4v) is 2.93. The molecule has 3 aromatic rings. The van der Waals surface area contributed by atoms with Crippen molar-refractivity contribution in [1.82, 2.24) is 4.57 Å². The lowest BCUT2D eigenvalue weighted by Gasteiger charge is -2.14. The Hall–Kier alpha value is -3.33. The third-order valence-corrected chi connectivity index (χ3v) is 4.07. The summed E-state index contributed by atoms with van der Waals surface area (Å²) in [5.74, 6) is -2.22. The van der Waals surface area contributed by atoms with Gasteiger partial charge in [-0.25, -0.2) is 4.79 Å². The first kappa shape index (κ1) is 15.6. The van der Waals surface area contributed by atoms with Gasteiger partial charge < -0.3 is 14.8 Å². The maximum atomic E-state index is 11.6. The van der Waals surface area contributed by atoms with Gasteiger partial charge >= 0.3 is 11.9 Å². The number of hydrogen-bond acceptors (Lipinski definition) is 3. The van der Waals surface area contributed by atoms with Gasteiger partial charge in [0, 0.05) is 23.4 Å². The Morgan fingerprint density at radius 2 is 1.79 bits per heavy atom. The van der Waals surface area contributed by atoms with E-state index in [2.05, 4.69) is 6.07 Å². The van der Waals surface area contributed by atoms with Crippen LogP contribution in [0.2, 0.25) is 0 Å². The number of aromatic nitrogens is 1. The number of carboxylic acid groups (broad SMARTS) is 2. The minimum Gasteiger partial charge on any atom is -0.481 e. The van der Waals surface area contributed by atoms with E-state index in [1.807, 2.05) is 36.4 Å². The second-order valence-electron chi connectivity index (χ2n) is 5.57. The molecule has 120 valence electrons. The summed E-state index contributed by atoms with van der Waals surface area (Å²) >= 11 is 0. The predicted molar refractivity (Wildman–Crippen MR) is 87.7 cm³/mol. The predicted octanol–water partition coefficient (Wildman–Crippen LogP) is 3.16. The highest BCUT2D eigenvalue weighted by molar-refractivity contribution is 6.00. The van der Waals surface area contributed by atoms with Crippen LogP contribution < -0.4 is 0 Å². The van der Waals surface area contributed by atoms with Gasteiger partial charge in [-0.2, -0.15) is 5.26 Å². The molecule has 0 bridgehead atoms. The van der Waals surface area contributed by atoms with Crippen LogP contribution in [0.15, 0.2) is 42.6 Å². The monoisotopic (exact) mass is 322 g/mol. The van der Waals surface area contributed by atoms with Crippen molar-refractivity contribution in [3.8, 4) is 6.07 Å². The molecular formula is C18H14N2O4. The van der Waals surface area contributed by atoms with Crippen LogP contribution in [0.25, 0.3) is 21.5 Å². The number of hydrogen-bond donors (Lipinski definition) is 2. The average molecular weight is 322 g/mol. The number of nitriles is 1. The number of carbonyl (C=O) groups is 2. The molecule has 3 rings (SSSR count). The van der Waals surface area contributed by atoms with Crippen LogP contribution in [0.5, 0.6) is 0 Å². The van der Waals surface area contributed by atoms with Gasteiger partial charge in [0.1, 0.15) is 17.8 Å². The molecule has 6 heteroatoms. The topological polar surface area (TPSA) is 103 Å². The summed E-state index contributed by atoms with van der Waals surface area (Å²) < 4.78 is 1.37. The van der Waals surface area contributed by atoms with Crippen molar-refractivity contribution in [2.45, 2.75) is 18.9 Å². The van der Waals surface area contributed by atoms with Gasteiger partial charge in [0.2, 0.25) is 0 Å². The lowest BCUT2D eigenvalue weighted by Crippen LogP contribution is -2.20. The fourth-order valence-electron chi connectivity index (χ4n) is 2.93. The van der Waals surface area contributed by atoms with Crippen LogP contribution in [0.4, 0.5) is 0 Å². The molecule has 0 unspecified atom stereocenters. The minimum absolute atomic E-state index is 0.0835. The van der Waals surface area contributed by atoms with Gasteiger partial charge in [-0.15, -0.1) is 0 Å². The van der Waals surface area contributed by atoms with Gasteiger partial charge in [0.25, 0.3) is 0 Å². The zero-order valence-corrected chi connectivity index (χ0v) is 12.6. The Morgan fingerprint density at radius 3 is 2.38 bits per heavy atom. The highest BCUT2D eigenvalue weighted by atomic mass is 16.4. The zero-order valence-electron chi connectivity index (χ0n) is 12.6. The molecule has 0 spiro atoms. The lowest BCUT2D eigenvalue weighted by molar-refractivity contribution is -0.142. The van der Waals surface area contributed by atoms with Crippen LogP contribution in [-0.4, -0.2) is 26.7 Å². The average Bonchev–Trinajstić information content (AvgIpc) is 2.89. The molecule has 0 aliphatic heterocycles. The number of fused-ring (bicyclic) bond motifs is 2. The Kier molecular flexibility index (Phi) is 3.92. The summed E-state index contributed by atoms with van der Waals surface area (Å²) in [7, 11) is 0. The van der Waals surface area contributed by atoms with Crippen molar-refractivity contribution < 1.29 is 19.8 Å². The summed E-state index contributed by atoms with van der Waals surface area (Å²) in [5.41, 5.74) is 0.230. The summed E-state index contributed by atoms with van der Waals surface area (Å²) in [4.78, 5) is 22.3. The molecule has 0 amide bonds. The first-order chi connectivity index (χ1) is 11.5. The van der Waals surface area contributed by atoms with Gasteiger partial charge in [-0.05, 0) is 29.3 Å². The third-order valence-electron chi connectivity index (χ3n) is 4.07. The van der Waals surface area contributed by atoms with Gasteiger partial charge in [0.15, 0.2) is 0 Å². The summed E-state index contributed by atoms with van der Waals surface area (Å²) in [6, 6.07) is 12.4. The largest absolute Gasteiger partial charge is 0.481 e. The standard InChI is InChI=1S/C18H14N2O4/c19-9-16-14-8-12-4-2-1-3-11(12)7-13(14)10-20(16)15(18(23)24)5-6-17(21)22/h1-4,7-8,10,15H,5-6H2,(H,21,22)(H,23,24)/t15-/m0/s1. The molecule has 0 fully saturated rings. The van der Waals surface area contributed by atoms with E-state index in [0.29, 0.717) is 5.39 Å². The van der Waals surface area contributed by atoms with Crippen LogP contribution in [0, 0.1) is 11.3 Å². The molecule has 1 atom stereocenters. The first-order valence-corrected chi connectivity index (χ1v) is 7.39. The summed E-state index contributed by atoms with van der Waals surface area (Å²) in [6.45, 7) is 0. The van der Waals surface area contributed by atoms with E-state index in [4.69, 9.17) is 5.11 Å². The molecule has 0 aliphatic carbocycles. The number of aliphatic carboxylic acids is 2. The molecule has 1 aromatic heterocycles. The van der Waals surface area contributed by atoms with E-state index in [1.54, 1.807) is 6.20 Å². The molecule has 2 N–H and O–H groups in total. The molecule has 1 heterocycles. The normalized spacial score (nSPS) is 12.1. The Balaban J connectivity index is 2.19. The van der Waals surface area contributed by atoms with Gasteiger partial charge in [-0.3, -0.25) is 4.79 Å². The zero-order chi connectivity index (χ0) is 17.3. The highest BCUT2D eigenvalue weighted by Crippen LogP contribution is 2.30. The van der Waals surface area contributed by atoms with Gasteiger partial charge in [-0.1, -0.05) is 24.3 Å². The molecule has 0 saturated heterocycles. The van der Waals surface area contributed by atoms with E-state index >= 15 is 0 Å². The van der Waals surface area contributed by atoms with Crippen molar-refractivity contribution in [3.63, 3.8) is 0 Å². The molecular weight excluding hydrogens is 308 g/mol. The van der Waals surface area contributed by atoms with Gasteiger partial charge in [0.05, 0.1) is 0 Å². The van der Waals surface area contributed by atoms with Crippen LogP contribution in [0.3, 0.4) is 0 Å². The Labute approximate surface area is 137 Å². The maximum Gasteiger partial charge on any atom is 0.326 e. The van der Waals surface area contributed by atoms with E-state index < -0.39 is 18.0 Å². The van der Waals surface area contributed by atoms with Crippen molar-refractivity contribution in [2.75, 3.05) is 0 Å². The fraction of sp³-hybridized carbons (Fsp3) is 0.167. The summed E-state index contributed by atoms with van der Waals surface area (Å²) in [6.07, 6.45) is 1.25. The molecule has 0 saturated carbocycles. The molecule has 0 aliphatic rings.